The number of nitrogens with one attached hydrogen (secondary N) is 1. The van der Waals surface area contributed by atoms with Gasteiger partial charge in [-0.3, -0.25) is 9.59 Å². The van der Waals surface area contributed by atoms with Gasteiger partial charge in [0.05, 0.1) is 24.7 Å². The van der Waals surface area contributed by atoms with Crippen LogP contribution in [0.2, 0.25) is 0 Å². The smallest absolute Gasteiger partial charge is 0.306 e. The lowest BCUT2D eigenvalue weighted by Crippen LogP contribution is -2.37. The van der Waals surface area contributed by atoms with Crippen molar-refractivity contribution in [3.8, 4) is 6.07 Å². The van der Waals surface area contributed by atoms with Gasteiger partial charge in [0.2, 0.25) is 0 Å². The van der Waals surface area contributed by atoms with Gasteiger partial charge in [0, 0.05) is 12.1 Å². The van der Waals surface area contributed by atoms with E-state index in [2.05, 4.69) is 38.2 Å². The van der Waals surface area contributed by atoms with Crippen LogP contribution in [0.1, 0.15) is 56.5 Å². The van der Waals surface area contributed by atoms with Crippen molar-refractivity contribution in [2.75, 3.05) is 13.2 Å². The summed E-state index contributed by atoms with van der Waals surface area (Å²) in [4.78, 5) is 24.4. The van der Waals surface area contributed by atoms with Crippen LogP contribution in [0.15, 0.2) is 35.9 Å². The lowest BCUT2D eigenvalue weighted by Gasteiger charge is -2.37. The second-order valence-corrected chi connectivity index (χ2v) is 7.82. The summed E-state index contributed by atoms with van der Waals surface area (Å²) in [6.07, 6.45) is 3.57. The number of hydrogen-bond acceptors (Lipinski definition) is 4. The van der Waals surface area contributed by atoms with Crippen LogP contribution in [-0.2, 0) is 9.53 Å². The number of amides is 1. The summed E-state index contributed by atoms with van der Waals surface area (Å²) in [5.41, 5.74) is 2.29. The van der Waals surface area contributed by atoms with E-state index in [1.165, 1.54) is 5.57 Å². The van der Waals surface area contributed by atoms with Crippen molar-refractivity contribution in [3.63, 3.8) is 0 Å². The molecule has 3 atom stereocenters. The van der Waals surface area contributed by atoms with Crippen LogP contribution in [0.3, 0.4) is 0 Å². The van der Waals surface area contributed by atoms with Crippen molar-refractivity contribution in [1.29, 1.82) is 5.26 Å². The molecule has 0 saturated carbocycles. The van der Waals surface area contributed by atoms with Crippen molar-refractivity contribution in [2.24, 2.45) is 23.7 Å². The average Bonchev–Trinajstić information content (AvgIpc) is 2.67. The molecule has 0 fully saturated rings. The highest BCUT2D eigenvalue weighted by molar-refractivity contribution is 5.94. The molecule has 2 rings (SSSR count). The largest absolute Gasteiger partial charge is 0.466 e. The van der Waals surface area contributed by atoms with Crippen LogP contribution >= 0.6 is 0 Å². The summed E-state index contributed by atoms with van der Waals surface area (Å²) < 4.78 is 5.12. The van der Waals surface area contributed by atoms with E-state index in [0.29, 0.717) is 42.5 Å². The van der Waals surface area contributed by atoms with Gasteiger partial charge in [-0.2, -0.15) is 5.26 Å². The Hall–Kier alpha value is -2.61. The summed E-state index contributed by atoms with van der Waals surface area (Å²) >= 11 is 0. The molecule has 5 heteroatoms. The zero-order chi connectivity index (χ0) is 20.7. The van der Waals surface area contributed by atoms with Crippen molar-refractivity contribution in [2.45, 2.75) is 40.5 Å². The molecule has 0 radical (unpaired) electrons. The number of ether oxygens (including phenoxy) is 1. The Morgan fingerprint density at radius 3 is 2.54 bits per heavy atom. The fourth-order valence-electron chi connectivity index (χ4n) is 3.94. The first kappa shape index (κ1) is 21.7. The third kappa shape index (κ3) is 5.69. The van der Waals surface area contributed by atoms with Crippen molar-refractivity contribution >= 4 is 11.9 Å². The predicted octanol–water partition coefficient (Wildman–Crippen LogP) is 4.10. The maximum atomic E-state index is 12.5. The number of carbonyl (C=O) groups is 2. The monoisotopic (exact) mass is 382 g/mol. The maximum absolute atomic E-state index is 12.5. The summed E-state index contributed by atoms with van der Waals surface area (Å²) in [6, 6.07) is 8.70. The minimum atomic E-state index is -0.143. The molecule has 150 valence electrons. The van der Waals surface area contributed by atoms with E-state index in [9.17, 15) is 9.59 Å². The molecule has 1 amide bonds. The first-order valence-corrected chi connectivity index (χ1v) is 9.98. The van der Waals surface area contributed by atoms with Crippen LogP contribution in [0.4, 0.5) is 0 Å². The Balaban J connectivity index is 2.04. The van der Waals surface area contributed by atoms with Gasteiger partial charge in [-0.1, -0.05) is 25.5 Å². The first-order chi connectivity index (χ1) is 13.3. The van der Waals surface area contributed by atoms with E-state index >= 15 is 0 Å². The third-order valence-corrected chi connectivity index (χ3v) is 5.58. The van der Waals surface area contributed by atoms with Crippen LogP contribution in [0.5, 0.6) is 0 Å². The van der Waals surface area contributed by atoms with Crippen LogP contribution in [-0.4, -0.2) is 25.0 Å². The molecule has 0 spiro atoms. The van der Waals surface area contributed by atoms with Crippen molar-refractivity contribution in [3.05, 3.63) is 47.0 Å². The maximum Gasteiger partial charge on any atom is 0.306 e. The highest BCUT2D eigenvalue weighted by Gasteiger charge is 2.33. The minimum Gasteiger partial charge on any atom is -0.466 e. The Labute approximate surface area is 167 Å². The van der Waals surface area contributed by atoms with Gasteiger partial charge in [-0.05, 0) is 68.2 Å². The zero-order valence-electron chi connectivity index (χ0n) is 17.2. The number of nitriles is 1. The van der Waals surface area contributed by atoms with Gasteiger partial charge in [-0.15, -0.1) is 0 Å². The summed E-state index contributed by atoms with van der Waals surface area (Å²) in [6.45, 7) is 9.24. The average molecular weight is 383 g/mol. The normalized spacial score (nSPS) is 21.6. The van der Waals surface area contributed by atoms with E-state index < -0.39 is 0 Å². The third-order valence-electron chi connectivity index (χ3n) is 5.58. The summed E-state index contributed by atoms with van der Waals surface area (Å²) in [5.74, 6) is 1.01. The van der Waals surface area contributed by atoms with Gasteiger partial charge >= 0.3 is 5.97 Å². The standard InChI is InChI=1S/C23H30N2O3/c1-5-28-22(26)12-19-11-21(15(2)3)20(10-16(19)4)14-25-23(27)18-8-6-17(13-24)7-9-18/h6-10,15,19-21H,5,11-12,14H2,1-4H3,(H,25,27). The van der Waals surface area contributed by atoms with Gasteiger partial charge in [0.15, 0.2) is 0 Å². The molecule has 1 aliphatic rings. The molecule has 1 aromatic rings. The van der Waals surface area contributed by atoms with Crippen LogP contribution in [0.25, 0.3) is 0 Å². The highest BCUT2D eigenvalue weighted by atomic mass is 16.5. The van der Waals surface area contributed by atoms with E-state index in [1.54, 1.807) is 24.3 Å². The topological polar surface area (TPSA) is 79.2 Å². The first-order valence-electron chi connectivity index (χ1n) is 9.98. The van der Waals surface area contributed by atoms with E-state index in [1.807, 2.05) is 6.92 Å². The molecule has 1 N–H and O–H groups in total. The number of esters is 1. The molecular formula is C23H30N2O3. The van der Waals surface area contributed by atoms with Crippen molar-refractivity contribution < 1.29 is 14.3 Å². The van der Waals surface area contributed by atoms with Gasteiger partial charge in [0.25, 0.3) is 5.91 Å². The molecule has 0 bridgehead atoms. The van der Waals surface area contributed by atoms with Gasteiger partial charge in [-0.25, -0.2) is 0 Å². The Morgan fingerprint density at radius 2 is 1.96 bits per heavy atom. The molecule has 0 heterocycles. The quantitative estimate of drug-likeness (QED) is 0.569. The molecule has 28 heavy (non-hydrogen) atoms. The number of nitrogens with zero attached hydrogens (tertiary/aromatic N) is 1. The Kier molecular flexibility index (Phi) is 7.80. The highest BCUT2D eigenvalue weighted by Crippen LogP contribution is 2.38. The molecule has 1 aromatic carbocycles. The van der Waals surface area contributed by atoms with Crippen LogP contribution < -0.4 is 5.32 Å². The molecule has 3 unspecified atom stereocenters. The number of carbonyl (C=O) groups excluding carboxylic acids is 2. The summed E-state index contributed by atoms with van der Waals surface area (Å²) in [7, 11) is 0. The van der Waals surface area contributed by atoms with E-state index in [4.69, 9.17) is 10.00 Å². The van der Waals surface area contributed by atoms with Gasteiger partial charge in [0.1, 0.15) is 0 Å². The number of hydrogen-bond donors (Lipinski definition) is 1. The van der Waals surface area contributed by atoms with Crippen LogP contribution in [0, 0.1) is 35.0 Å². The fourth-order valence-corrected chi connectivity index (χ4v) is 3.94. The molecule has 1 aliphatic carbocycles. The number of allylic oxidation sites excluding steroid dienone is 1. The molecule has 0 aliphatic heterocycles. The van der Waals surface area contributed by atoms with E-state index in [0.717, 1.165) is 6.42 Å². The minimum absolute atomic E-state index is 0.133. The zero-order valence-corrected chi connectivity index (χ0v) is 17.2. The number of rotatable bonds is 7. The summed E-state index contributed by atoms with van der Waals surface area (Å²) in [5, 5.41) is 11.9. The van der Waals surface area contributed by atoms with Gasteiger partial charge < -0.3 is 10.1 Å². The van der Waals surface area contributed by atoms with E-state index in [-0.39, 0.29) is 23.7 Å². The number of benzene rings is 1. The lowest BCUT2D eigenvalue weighted by molar-refractivity contribution is -0.144. The predicted molar refractivity (Wildman–Crippen MR) is 108 cm³/mol. The Morgan fingerprint density at radius 1 is 1.29 bits per heavy atom. The second kappa shape index (κ2) is 10.1. The van der Waals surface area contributed by atoms with Crippen molar-refractivity contribution in [1.82, 2.24) is 5.32 Å². The molecule has 5 nitrogen and oxygen atoms in total. The molecule has 0 saturated heterocycles. The molecule has 0 aromatic heterocycles. The molecular weight excluding hydrogens is 352 g/mol. The lowest BCUT2D eigenvalue weighted by atomic mass is 9.70. The Bertz CT molecular complexity index is 759. The SMILES string of the molecule is CCOC(=O)CC1CC(C(C)C)C(CNC(=O)c2ccc(C#N)cc2)C=C1C. The fraction of sp³-hybridized carbons (Fsp3) is 0.522. The second-order valence-electron chi connectivity index (χ2n) is 7.82.